The minimum atomic E-state index is -4.43. The molecular formula is C9H5F3N2OS. The van der Waals surface area contributed by atoms with Crippen molar-refractivity contribution in [2.24, 2.45) is 0 Å². The summed E-state index contributed by atoms with van der Waals surface area (Å²) in [4.78, 5) is 11.4. The molecule has 3 nitrogen and oxygen atoms in total. The van der Waals surface area contributed by atoms with Crippen molar-refractivity contribution in [3.63, 3.8) is 0 Å². The first-order valence-corrected chi connectivity index (χ1v) is 5.00. The van der Waals surface area contributed by atoms with Gasteiger partial charge >= 0.3 is 6.18 Å². The Morgan fingerprint density at radius 3 is 2.62 bits per heavy atom. The maximum absolute atomic E-state index is 12.3. The zero-order valence-corrected chi connectivity index (χ0v) is 8.52. The lowest BCUT2D eigenvalue weighted by molar-refractivity contribution is -0.141. The molecule has 2 heterocycles. The van der Waals surface area contributed by atoms with Crippen molar-refractivity contribution in [3.8, 4) is 10.6 Å². The van der Waals surface area contributed by atoms with E-state index in [9.17, 15) is 18.0 Å². The van der Waals surface area contributed by atoms with E-state index < -0.39 is 11.9 Å². The third-order valence-electron chi connectivity index (χ3n) is 1.88. The van der Waals surface area contributed by atoms with Gasteiger partial charge in [-0.25, -0.2) is 0 Å². The van der Waals surface area contributed by atoms with Crippen molar-refractivity contribution in [3.05, 3.63) is 28.8 Å². The summed E-state index contributed by atoms with van der Waals surface area (Å²) in [5.74, 6) is 0. The van der Waals surface area contributed by atoms with Crippen LogP contribution in [0.4, 0.5) is 13.2 Å². The van der Waals surface area contributed by atoms with Gasteiger partial charge in [-0.15, -0.1) is 11.3 Å². The first-order valence-electron chi connectivity index (χ1n) is 4.18. The van der Waals surface area contributed by atoms with Crippen molar-refractivity contribution in [2.75, 3.05) is 0 Å². The number of thiophene rings is 1. The number of hydrogen-bond acceptors (Lipinski definition) is 3. The number of nitrogens with zero attached hydrogens (tertiary/aromatic N) is 1. The van der Waals surface area contributed by atoms with Gasteiger partial charge in [0.2, 0.25) is 0 Å². The lowest BCUT2D eigenvalue weighted by Gasteiger charge is -1.99. The molecule has 0 fully saturated rings. The van der Waals surface area contributed by atoms with Gasteiger partial charge in [0.1, 0.15) is 11.4 Å². The molecule has 0 aliphatic heterocycles. The molecule has 0 atom stereocenters. The molecule has 2 aromatic rings. The van der Waals surface area contributed by atoms with Gasteiger partial charge in [0.15, 0.2) is 6.29 Å². The van der Waals surface area contributed by atoms with Crippen molar-refractivity contribution in [1.29, 1.82) is 0 Å². The molecule has 0 aliphatic rings. The highest BCUT2D eigenvalue weighted by Crippen LogP contribution is 2.32. The van der Waals surface area contributed by atoms with E-state index in [1.165, 1.54) is 6.07 Å². The maximum atomic E-state index is 12.3. The second kappa shape index (κ2) is 3.75. The fourth-order valence-corrected chi connectivity index (χ4v) is 1.93. The van der Waals surface area contributed by atoms with Crippen LogP contribution in [0.1, 0.15) is 15.4 Å². The molecule has 0 aliphatic carbocycles. The Labute approximate surface area is 91.9 Å². The van der Waals surface area contributed by atoms with Crippen LogP contribution in [-0.4, -0.2) is 16.5 Å². The number of alkyl halides is 3. The average Bonchev–Trinajstić information content (AvgIpc) is 2.85. The van der Waals surface area contributed by atoms with E-state index in [2.05, 4.69) is 5.10 Å². The smallest absolute Gasteiger partial charge is 0.297 e. The number of rotatable bonds is 2. The summed E-state index contributed by atoms with van der Waals surface area (Å²) in [5, 5.41) is 5.46. The monoisotopic (exact) mass is 246 g/mol. The van der Waals surface area contributed by atoms with Crippen LogP contribution in [0.3, 0.4) is 0 Å². The second-order valence-electron chi connectivity index (χ2n) is 2.98. The fraction of sp³-hybridized carbons (Fsp3) is 0.111. The Morgan fingerprint density at radius 1 is 1.38 bits per heavy atom. The van der Waals surface area contributed by atoms with Gasteiger partial charge in [0, 0.05) is 0 Å². The Morgan fingerprint density at radius 2 is 2.12 bits per heavy atom. The van der Waals surface area contributed by atoms with Gasteiger partial charge < -0.3 is 0 Å². The SMILES string of the molecule is O=Cc1ccc(-c2cc(C(F)(F)F)[nH]n2)s1. The number of aldehydes is 1. The quantitative estimate of drug-likeness (QED) is 0.828. The van der Waals surface area contributed by atoms with E-state index in [1.54, 1.807) is 6.07 Å². The lowest BCUT2D eigenvalue weighted by Crippen LogP contribution is -2.04. The molecule has 84 valence electrons. The van der Waals surface area contributed by atoms with Crippen molar-refractivity contribution >= 4 is 17.6 Å². The molecule has 0 bridgehead atoms. The third-order valence-corrected chi connectivity index (χ3v) is 2.91. The first-order chi connectivity index (χ1) is 7.50. The first kappa shape index (κ1) is 10.9. The highest BCUT2D eigenvalue weighted by atomic mass is 32.1. The van der Waals surface area contributed by atoms with E-state index in [4.69, 9.17) is 0 Å². The zero-order valence-electron chi connectivity index (χ0n) is 7.71. The van der Waals surface area contributed by atoms with Crippen LogP contribution in [-0.2, 0) is 6.18 Å². The Bertz CT molecular complexity index is 515. The van der Waals surface area contributed by atoms with Crippen LogP contribution in [0.5, 0.6) is 0 Å². The van der Waals surface area contributed by atoms with Gasteiger partial charge in [-0.3, -0.25) is 9.89 Å². The van der Waals surface area contributed by atoms with Gasteiger partial charge in [0.05, 0.1) is 9.75 Å². The van der Waals surface area contributed by atoms with Crippen LogP contribution >= 0.6 is 11.3 Å². The number of hydrogen-bond donors (Lipinski definition) is 1. The maximum Gasteiger partial charge on any atom is 0.432 e. The van der Waals surface area contributed by atoms with Gasteiger partial charge in [-0.1, -0.05) is 0 Å². The van der Waals surface area contributed by atoms with Crippen molar-refractivity contribution in [2.45, 2.75) is 6.18 Å². The van der Waals surface area contributed by atoms with Gasteiger partial charge in [-0.2, -0.15) is 18.3 Å². The van der Waals surface area contributed by atoms with Crippen LogP contribution in [0, 0.1) is 0 Å². The van der Waals surface area contributed by atoms with E-state index in [0.717, 1.165) is 17.4 Å². The fourth-order valence-electron chi connectivity index (χ4n) is 1.15. The predicted octanol–water partition coefficient (Wildman–Crippen LogP) is 2.97. The topological polar surface area (TPSA) is 45.8 Å². The molecule has 0 unspecified atom stereocenters. The summed E-state index contributed by atoms with van der Waals surface area (Å²) >= 11 is 1.09. The van der Waals surface area contributed by atoms with E-state index >= 15 is 0 Å². The number of H-pyrrole nitrogens is 1. The predicted molar refractivity (Wildman–Crippen MR) is 52.3 cm³/mol. The zero-order chi connectivity index (χ0) is 11.8. The second-order valence-corrected chi connectivity index (χ2v) is 4.10. The van der Waals surface area contributed by atoms with E-state index in [0.29, 0.717) is 16.0 Å². The van der Waals surface area contributed by atoms with Crippen LogP contribution in [0.15, 0.2) is 18.2 Å². The lowest BCUT2D eigenvalue weighted by atomic mass is 10.3. The summed E-state index contributed by atoms with van der Waals surface area (Å²) < 4.78 is 36.8. The van der Waals surface area contributed by atoms with Crippen LogP contribution < -0.4 is 0 Å². The molecule has 7 heteroatoms. The van der Waals surface area contributed by atoms with Crippen molar-refractivity contribution in [1.82, 2.24) is 10.2 Å². The highest BCUT2D eigenvalue weighted by Gasteiger charge is 2.33. The Hall–Kier alpha value is -1.63. The summed E-state index contributed by atoms with van der Waals surface area (Å²) in [7, 11) is 0. The molecule has 0 amide bonds. The molecule has 0 radical (unpaired) electrons. The van der Waals surface area contributed by atoms with Crippen LogP contribution in [0.25, 0.3) is 10.6 Å². The van der Waals surface area contributed by atoms with E-state index in [-0.39, 0.29) is 5.69 Å². The average molecular weight is 246 g/mol. The number of nitrogens with one attached hydrogen (secondary N) is 1. The number of carbonyl (C=O) groups excluding carboxylic acids is 1. The number of carbonyl (C=O) groups is 1. The summed E-state index contributed by atoms with van der Waals surface area (Å²) in [5.41, 5.74) is -0.714. The molecule has 2 aromatic heterocycles. The Kier molecular flexibility index (Phi) is 2.55. The normalized spacial score (nSPS) is 11.7. The van der Waals surface area contributed by atoms with Crippen molar-refractivity contribution < 1.29 is 18.0 Å². The standard InChI is InChI=1S/C9H5F3N2OS/c10-9(11,12)8-3-6(13-14-8)7-2-1-5(4-15)16-7/h1-4H,(H,13,14). The minimum Gasteiger partial charge on any atom is -0.297 e. The molecule has 0 saturated heterocycles. The molecule has 1 N–H and O–H groups in total. The summed E-state index contributed by atoms with van der Waals surface area (Å²) in [6, 6.07) is 4.01. The minimum absolute atomic E-state index is 0.186. The molecule has 0 aromatic carbocycles. The third kappa shape index (κ3) is 1.99. The molecule has 0 saturated carbocycles. The molecule has 0 spiro atoms. The molecular weight excluding hydrogens is 241 g/mol. The van der Waals surface area contributed by atoms with Gasteiger partial charge in [-0.05, 0) is 18.2 Å². The largest absolute Gasteiger partial charge is 0.432 e. The molecule has 16 heavy (non-hydrogen) atoms. The number of halogens is 3. The summed E-state index contributed by atoms with van der Waals surface area (Å²) in [6.45, 7) is 0. The number of aromatic amines is 1. The molecule has 2 rings (SSSR count). The summed E-state index contributed by atoms with van der Waals surface area (Å²) in [6.07, 6.45) is -3.79. The van der Waals surface area contributed by atoms with Gasteiger partial charge in [0.25, 0.3) is 0 Å². The number of aromatic nitrogens is 2. The highest BCUT2D eigenvalue weighted by molar-refractivity contribution is 7.17. The van der Waals surface area contributed by atoms with E-state index in [1.807, 2.05) is 5.10 Å². The Balaban J connectivity index is 2.35. The van der Waals surface area contributed by atoms with Crippen LogP contribution in [0.2, 0.25) is 0 Å².